The second-order valence-electron chi connectivity index (χ2n) is 5.10. The fourth-order valence-corrected chi connectivity index (χ4v) is 3.41. The first-order valence-corrected chi connectivity index (χ1v) is 8.17. The average Bonchev–Trinajstić information content (AvgIpc) is 3.06. The third kappa shape index (κ3) is 2.51. The van der Waals surface area contributed by atoms with E-state index in [1.165, 1.54) is 5.69 Å². The number of fused-ring (bicyclic) bond motifs is 1. The molecule has 22 heavy (non-hydrogen) atoms. The van der Waals surface area contributed by atoms with Crippen LogP contribution >= 0.6 is 11.3 Å². The number of nitrogens with one attached hydrogen (secondary N) is 1. The Morgan fingerprint density at radius 3 is 2.86 bits per heavy atom. The Morgan fingerprint density at radius 1 is 1.09 bits per heavy atom. The molecule has 0 atom stereocenters. The van der Waals surface area contributed by atoms with E-state index in [1.54, 1.807) is 17.7 Å². The third-order valence-corrected chi connectivity index (χ3v) is 4.59. The van der Waals surface area contributed by atoms with E-state index in [2.05, 4.69) is 44.5 Å². The summed E-state index contributed by atoms with van der Waals surface area (Å²) in [7, 11) is 0. The molecule has 6 heteroatoms. The van der Waals surface area contributed by atoms with Gasteiger partial charge in [-0.05, 0) is 23.6 Å². The summed E-state index contributed by atoms with van der Waals surface area (Å²) in [5.74, 6) is 0.854. The largest absolute Gasteiger partial charge is 0.378 e. The van der Waals surface area contributed by atoms with Crippen LogP contribution in [0.5, 0.6) is 0 Å². The zero-order chi connectivity index (χ0) is 14.8. The van der Waals surface area contributed by atoms with E-state index in [4.69, 9.17) is 4.74 Å². The Bertz CT molecular complexity index is 782. The van der Waals surface area contributed by atoms with Crippen molar-refractivity contribution in [2.75, 3.05) is 36.5 Å². The van der Waals surface area contributed by atoms with Crippen LogP contribution in [0.4, 0.5) is 17.2 Å². The quantitative estimate of drug-likeness (QED) is 0.804. The van der Waals surface area contributed by atoms with Crippen molar-refractivity contribution < 1.29 is 4.74 Å². The van der Waals surface area contributed by atoms with E-state index in [0.29, 0.717) is 0 Å². The fourth-order valence-electron chi connectivity index (χ4n) is 2.68. The molecule has 0 unspecified atom stereocenters. The number of para-hydroxylation sites is 2. The molecule has 0 radical (unpaired) electrons. The number of thiophene rings is 1. The first-order chi connectivity index (χ1) is 10.9. The topological polar surface area (TPSA) is 50.3 Å². The molecule has 0 aliphatic carbocycles. The van der Waals surface area contributed by atoms with E-state index < -0.39 is 0 Å². The van der Waals surface area contributed by atoms with Crippen molar-refractivity contribution in [2.45, 2.75) is 0 Å². The molecule has 1 aromatic carbocycles. The Labute approximate surface area is 132 Å². The number of rotatable bonds is 3. The number of anilines is 3. The highest BCUT2D eigenvalue weighted by atomic mass is 32.1. The van der Waals surface area contributed by atoms with Gasteiger partial charge in [-0.25, -0.2) is 9.97 Å². The Morgan fingerprint density at radius 2 is 1.95 bits per heavy atom. The number of nitrogens with zero attached hydrogens (tertiary/aromatic N) is 3. The van der Waals surface area contributed by atoms with Crippen LogP contribution < -0.4 is 10.2 Å². The lowest BCUT2D eigenvalue weighted by Crippen LogP contribution is -2.36. The van der Waals surface area contributed by atoms with E-state index >= 15 is 0 Å². The summed E-state index contributed by atoms with van der Waals surface area (Å²) in [5.41, 5.74) is 2.25. The van der Waals surface area contributed by atoms with Crippen LogP contribution in [0.1, 0.15) is 0 Å². The minimum Gasteiger partial charge on any atom is -0.378 e. The van der Waals surface area contributed by atoms with Crippen molar-refractivity contribution in [1.29, 1.82) is 0 Å². The minimum absolute atomic E-state index is 0.774. The number of aromatic nitrogens is 2. The molecule has 1 fully saturated rings. The standard InChI is InChI=1S/C16H16N4OS/c1-2-4-14(20-6-8-21-9-7-20)13(3-1)19-15-12-5-10-22-16(12)18-11-17-15/h1-5,10-11H,6-9H2,(H,17,18,19). The average molecular weight is 312 g/mol. The van der Waals surface area contributed by atoms with Crippen molar-refractivity contribution >= 4 is 38.7 Å². The smallest absolute Gasteiger partial charge is 0.142 e. The van der Waals surface area contributed by atoms with Gasteiger partial charge in [0.25, 0.3) is 0 Å². The Balaban J connectivity index is 1.69. The van der Waals surface area contributed by atoms with Gasteiger partial charge in [-0.3, -0.25) is 0 Å². The predicted molar refractivity (Wildman–Crippen MR) is 90.2 cm³/mol. The van der Waals surface area contributed by atoms with Crippen molar-refractivity contribution in [2.24, 2.45) is 0 Å². The minimum atomic E-state index is 0.774. The molecule has 0 saturated carbocycles. The highest BCUT2D eigenvalue weighted by Crippen LogP contribution is 2.31. The number of hydrogen-bond acceptors (Lipinski definition) is 6. The van der Waals surface area contributed by atoms with Crippen LogP contribution in [0.15, 0.2) is 42.0 Å². The van der Waals surface area contributed by atoms with Crippen LogP contribution in [0.3, 0.4) is 0 Å². The molecule has 3 aromatic rings. The molecular weight excluding hydrogens is 296 g/mol. The summed E-state index contributed by atoms with van der Waals surface area (Å²) in [5, 5.41) is 6.57. The lowest BCUT2D eigenvalue weighted by Gasteiger charge is -2.30. The summed E-state index contributed by atoms with van der Waals surface area (Å²) in [6, 6.07) is 10.4. The summed E-state index contributed by atoms with van der Waals surface area (Å²) in [6.45, 7) is 3.37. The van der Waals surface area contributed by atoms with Gasteiger partial charge in [-0.2, -0.15) is 0 Å². The molecule has 1 aliphatic rings. The maximum absolute atomic E-state index is 5.45. The van der Waals surface area contributed by atoms with E-state index in [1.807, 2.05) is 11.4 Å². The highest BCUT2D eigenvalue weighted by molar-refractivity contribution is 7.16. The van der Waals surface area contributed by atoms with Gasteiger partial charge < -0.3 is 15.0 Å². The number of ether oxygens (including phenoxy) is 1. The van der Waals surface area contributed by atoms with Crippen molar-refractivity contribution in [3.63, 3.8) is 0 Å². The molecule has 4 rings (SSSR count). The van der Waals surface area contributed by atoms with Crippen LogP contribution in [0.25, 0.3) is 10.2 Å². The maximum atomic E-state index is 5.45. The van der Waals surface area contributed by atoms with Gasteiger partial charge in [-0.1, -0.05) is 12.1 Å². The molecule has 1 aliphatic heterocycles. The Hall–Kier alpha value is -2.18. The molecule has 5 nitrogen and oxygen atoms in total. The lowest BCUT2D eigenvalue weighted by molar-refractivity contribution is 0.123. The molecule has 1 saturated heterocycles. The maximum Gasteiger partial charge on any atom is 0.142 e. The van der Waals surface area contributed by atoms with E-state index in [-0.39, 0.29) is 0 Å². The van der Waals surface area contributed by atoms with Crippen LogP contribution in [-0.2, 0) is 4.74 Å². The molecule has 0 spiro atoms. The highest BCUT2D eigenvalue weighted by Gasteiger charge is 2.15. The number of hydrogen-bond donors (Lipinski definition) is 1. The van der Waals surface area contributed by atoms with Gasteiger partial charge in [0, 0.05) is 13.1 Å². The summed E-state index contributed by atoms with van der Waals surface area (Å²) in [4.78, 5) is 12.0. The molecule has 0 bridgehead atoms. The second kappa shape index (κ2) is 5.90. The first-order valence-electron chi connectivity index (χ1n) is 7.29. The van der Waals surface area contributed by atoms with Gasteiger partial charge in [-0.15, -0.1) is 11.3 Å². The zero-order valence-electron chi connectivity index (χ0n) is 12.0. The molecule has 112 valence electrons. The molecule has 3 heterocycles. The second-order valence-corrected chi connectivity index (χ2v) is 6.00. The van der Waals surface area contributed by atoms with Gasteiger partial charge >= 0.3 is 0 Å². The van der Waals surface area contributed by atoms with Gasteiger partial charge in [0.1, 0.15) is 17.0 Å². The van der Waals surface area contributed by atoms with Crippen LogP contribution in [-0.4, -0.2) is 36.3 Å². The van der Waals surface area contributed by atoms with Gasteiger partial charge in [0.15, 0.2) is 0 Å². The van der Waals surface area contributed by atoms with Crippen LogP contribution in [0.2, 0.25) is 0 Å². The van der Waals surface area contributed by atoms with Gasteiger partial charge in [0.05, 0.1) is 30.0 Å². The van der Waals surface area contributed by atoms with Crippen molar-refractivity contribution in [3.05, 3.63) is 42.0 Å². The predicted octanol–water partition coefficient (Wildman–Crippen LogP) is 3.27. The SMILES string of the molecule is c1ccc(N2CCOCC2)c(Nc2ncnc3sccc23)c1. The summed E-state index contributed by atoms with van der Waals surface area (Å²) < 4.78 is 5.45. The summed E-state index contributed by atoms with van der Waals surface area (Å²) in [6.07, 6.45) is 1.61. The van der Waals surface area contributed by atoms with E-state index in [9.17, 15) is 0 Å². The molecule has 1 N–H and O–H groups in total. The van der Waals surface area contributed by atoms with Crippen LogP contribution in [0, 0.1) is 0 Å². The molecule has 0 amide bonds. The first kappa shape index (κ1) is 13.5. The van der Waals surface area contributed by atoms with Crippen molar-refractivity contribution in [1.82, 2.24) is 9.97 Å². The zero-order valence-corrected chi connectivity index (χ0v) is 12.8. The monoisotopic (exact) mass is 312 g/mol. The Kier molecular flexibility index (Phi) is 3.62. The molecular formula is C16H16N4OS. The summed E-state index contributed by atoms with van der Waals surface area (Å²) >= 11 is 1.63. The fraction of sp³-hybridized carbons (Fsp3) is 0.250. The van der Waals surface area contributed by atoms with E-state index in [0.717, 1.165) is 48.0 Å². The van der Waals surface area contributed by atoms with Gasteiger partial charge in [0.2, 0.25) is 0 Å². The normalized spacial score (nSPS) is 15.2. The lowest BCUT2D eigenvalue weighted by atomic mass is 10.2. The third-order valence-electron chi connectivity index (χ3n) is 3.77. The number of benzene rings is 1. The molecule has 2 aromatic heterocycles. The van der Waals surface area contributed by atoms with Crippen molar-refractivity contribution in [3.8, 4) is 0 Å². The number of morpholine rings is 1.